The average Bonchev–Trinajstić information content (AvgIpc) is 3.77. The van der Waals surface area contributed by atoms with Gasteiger partial charge in [0.25, 0.3) is 0 Å². The van der Waals surface area contributed by atoms with Gasteiger partial charge in [0.05, 0.1) is 19.1 Å². The summed E-state index contributed by atoms with van der Waals surface area (Å²) in [6.07, 6.45) is 11.0. The first-order valence-corrected chi connectivity index (χ1v) is 18.1. The Bertz CT molecular complexity index is 985. The highest BCUT2D eigenvalue weighted by Crippen LogP contribution is 2.27. The largest absolute Gasteiger partial charge is 0.378 e. The van der Waals surface area contributed by atoms with E-state index < -0.39 is 0 Å². The third-order valence-electron chi connectivity index (χ3n) is 9.44. The maximum atomic E-state index is 12.2. The van der Waals surface area contributed by atoms with Crippen LogP contribution < -0.4 is 5.32 Å². The maximum Gasteiger partial charge on any atom is 0.227 e. The highest BCUT2D eigenvalue weighted by Gasteiger charge is 2.36. The fraction of sp³-hybridized carbons (Fsp3) is 0.757. The summed E-state index contributed by atoms with van der Waals surface area (Å²) in [5.74, 6) is 2.30. The van der Waals surface area contributed by atoms with Crippen molar-refractivity contribution in [2.24, 2.45) is 17.8 Å². The fourth-order valence-electron chi connectivity index (χ4n) is 6.02. The van der Waals surface area contributed by atoms with Gasteiger partial charge in [0.2, 0.25) is 18.2 Å². The van der Waals surface area contributed by atoms with Crippen LogP contribution in [-0.4, -0.2) is 97.0 Å². The molecule has 46 heavy (non-hydrogen) atoms. The monoisotopic (exact) mass is 662 g/mol. The van der Waals surface area contributed by atoms with Crippen molar-refractivity contribution in [3.8, 4) is 0 Å². The minimum atomic E-state index is 0.208. The van der Waals surface area contributed by atoms with Crippen molar-refractivity contribution >= 4 is 29.8 Å². The van der Waals surface area contributed by atoms with Gasteiger partial charge in [-0.25, -0.2) is 0 Å². The molecule has 3 saturated heterocycles. The summed E-state index contributed by atoms with van der Waals surface area (Å²) in [5, 5.41) is 3.96. The Balaban J connectivity index is 0.000000226. The Hall–Kier alpha value is -2.16. The molecule has 0 spiro atoms. The highest BCUT2D eigenvalue weighted by atomic mass is 35.5. The molecule has 2 atom stereocenters. The third kappa shape index (κ3) is 16.1. The number of benzene rings is 1. The maximum absolute atomic E-state index is 12.2. The molecule has 8 nitrogen and oxygen atoms in total. The van der Waals surface area contributed by atoms with E-state index in [1.165, 1.54) is 38.5 Å². The molecule has 9 heteroatoms. The van der Waals surface area contributed by atoms with Crippen molar-refractivity contribution < 1.29 is 19.1 Å². The second-order valence-electron chi connectivity index (χ2n) is 14.4. The number of hydrogen-bond donors (Lipinski definition) is 1. The average molecular weight is 663 g/mol. The Morgan fingerprint density at radius 3 is 2.04 bits per heavy atom. The first-order chi connectivity index (χ1) is 21.9. The van der Waals surface area contributed by atoms with Gasteiger partial charge in [-0.15, -0.1) is 0 Å². The lowest BCUT2D eigenvalue weighted by atomic mass is 9.87. The van der Waals surface area contributed by atoms with Gasteiger partial charge in [0.1, 0.15) is 0 Å². The van der Waals surface area contributed by atoms with Crippen molar-refractivity contribution in [2.45, 2.75) is 111 Å². The standard InChI is InChI=1S/C13H24N2O.C13H25NO.C6H5Cl.C5H9NO2/c1-13(2,3)15-9-6-11(10-15)12(16)14-7-4-5-8-14;1-4-10(2)9-13(15)14-12-7-5-11(3)6-8-12;7-6-4-2-1-3-5-6;7-5-6-1-3-8-4-2-6/h11H,4-10H2,1-3H3;10-12H,4-9H2,1-3H3,(H,14,15);1-5H;5H,1-4H2. The molecule has 3 heterocycles. The van der Waals surface area contributed by atoms with Crippen LogP contribution in [0, 0.1) is 17.8 Å². The molecule has 1 N–H and O–H groups in total. The molecular formula is C37H63ClN4O4. The normalized spacial score (nSPS) is 23.8. The van der Waals surface area contributed by atoms with Crippen molar-refractivity contribution in [3.63, 3.8) is 0 Å². The SMILES string of the molecule is CC(C)(C)N1CCC(C(=O)N2CCCC2)C1.CCC(C)CC(=O)NC1CCC(C)CC1.Clc1ccccc1.O=CN1CCOCC1. The molecule has 262 valence electrons. The van der Waals surface area contributed by atoms with Gasteiger partial charge in [-0.05, 0) is 96.2 Å². The number of hydrogen-bond acceptors (Lipinski definition) is 5. The van der Waals surface area contributed by atoms with Crippen LogP contribution in [0.5, 0.6) is 0 Å². The molecule has 1 aromatic carbocycles. The van der Waals surface area contributed by atoms with E-state index in [0.29, 0.717) is 37.5 Å². The molecule has 0 bridgehead atoms. The second kappa shape index (κ2) is 21.7. The molecule has 2 unspecified atom stereocenters. The third-order valence-corrected chi connectivity index (χ3v) is 9.70. The number of morpholine rings is 1. The minimum Gasteiger partial charge on any atom is -0.378 e. The van der Waals surface area contributed by atoms with E-state index in [1.807, 2.05) is 30.3 Å². The summed E-state index contributed by atoms with van der Waals surface area (Å²) in [6.45, 7) is 20.2. The van der Waals surface area contributed by atoms with Crippen LogP contribution >= 0.6 is 11.6 Å². The predicted octanol–water partition coefficient (Wildman–Crippen LogP) is 6.66. The topological polar surface area (TPSA) is 82.2 Å². The Labute approximate surface area is 284 Å². The van der Waals surface area contributed by atoms with Crippen molar-refractivity contribution in [1.29, 1.82) is 0 Å². The number of carbonyl (C=O) groups is 3. The van der Waals surface area contributed by atoms with Gasteiger partial charge in [0, 0.05) is 55.7 Å². The van der Waals surface area contributed by atoms with E-state index in [1.54, 1.807) is 4.90 Å². The molecule has 4 aliphatic rings. The molecule has 3 aliphatic heterocycles. The summed E-state index contributed by atoms with van der Waals surface area (Å²) in [5.41, 5.74) is 0.208. The van der Waals surface area contributed by atoms with Gasteiger partial charge in [-0.2, -0.15) is 0 Å². The smallest absolute Gasteiger partial charge is 0.227 e. The van der Waals surface area contributed by atoms with Crippen LogP contribution in [0.3, 0.4) is 0 Å². The predicted molar refractivity (Wildman–Crippen MR) is 189 cm³/mol. The Morgan fingerprint density at radius 1 is 0.978 bits per heavy atom. The number of halogens is 1. The van der Waals surface area contributed by atoms with Crippen LogP contribution in [0.1, 0.15) is 99.3 Å². The summed E-state index contributed by atoms with van der Waals surface area (Å²) in [4.78, 5) is 40.1. The van der Waals surface area contributed by atoms with E-state index in [9.17, 15) is 14.4 Å². The lowest BCUT2D eigenvalue weighted by Gasteiger charge is -2.31. The van der Waals surface area contributed by atoms with Crippen LogP contribution in [0.4, 0.5) is 0 Å². The Kier molecular flexibility index (Phi) is 18.8. The van der Waals surface area contributed by atoms with E-state index >= 15 is 0 Å². The summed E-state index contributed by atoms with van der Waals surface area (Å²) in [7, 11) is 0. The van der Waals surface area contributed by atoms with Crippen LogP contribution in [0.25, 0.3) is 0 Å². The van der Waals surface area contributed by atoms with Gasteiger partial charge in [0.15, 0.2) is 0 Å². The summed E-state index contributed by atoms with van der Waals surface area (Å²) < 4.78 is 5.00. The quantitative estimate of drug-likeness (QED) is 0.345. The molecular weight excluding hydrogens is 600 g/mol. The first kappa shape index (κ1) is 40.0. The molecule has 4 fully saturated rings. The number of nitrogens with one attached hydrogen (secondary N) is 1. The molecule has 0 radical (unpaired) electrons. The second-order valence-corrected chi connectivity index (χ2v) is 14.9. The molecule has 5 rings (SSSR count). The Morgan fingerprint density at radius 2 is 1.59 bits per heavy atom. The van der Waals surface area contributed by atoms with Gasteiger partial charge in [-0.3, -0.25) is 19.3 Å². The van der Waals surface area contributed by atoms with Crippen LogP contribution in [0.15, 0.2) is 30.3 Å². The number of nitrogens with zero attached hydrogens (tertiary/aromatic N) is 3. The zero-order chi connectivity index (χ0) is 34.0. The molecule has 1 aliphatic carbocycles. The van der Waals surface area contributed by atoms with Gasteiger partial charge >= 0.3 is 0 Å². The summed E-state index contributed by atoms with van der Waals surface area (Å²) >= 11 is 5.54. The molecule has 1 aromatic rings. The molecule has 3 amide bonds. The van der Waals surface area contributed by atoms with E-state index in [4.69, 9.17) is 16.3 Å². The minimum absolute atomic E-state index is 0.208. The van der Waals surface area contributed by atoms with Crippen LogP contribution in [0.2, 0.25) is 5.02 Å². The lowest BCUT2D eigenvalue weighted by Crippen LogP contribution is -2.41. The number of likely N-dealkylation sites (tertiary alicyclic amines) is 2. The van der Waals surface area contributed by atoms with Crippen molar-refractivity contribution in [2.75, 3.05) is 52.5 Å². The van der Waals surface area contributed by atoms with Gasteiger partial charge in [-0.1, -0.05) is 57.0 Å². The van der Waals surface area contributed by atoms with Crippen LogP contribution in [-0.2, 0) is 19.1 Å². The highest BCUT2D eigenvalue weighted by molar-refractivity contribution is 6.30. The summed E-state index contributed by atoms with van der Waals surface area (Å²) in [6, 6.07) is 9.90. The van der Waals surface area contributed by atoms with E-state index in [0.717, 1.165) is 69.5 Å². The fourth-order valence-corrected chi connectivity index (χ4v) is 6.16. The first-order valence-electron chi connectivity index (χ1n) is 17.7. The number of carbonyl (C=O) groups excluding carboxylic acids is 3. The van der Waals surface area contributed by atoms with E-state index in [2.05, 4.69) is 56.7 Å². The lowest BCUT2D eigenvalue weighted by molar-refractivity contribution is -0.134. The molecule has 1 saturated carbocycles. The number of amides is 3. The zero-order valence-corrected chi connectivity index (χ0v) is 30.4. The number of rotatable bonds is 6. The number of ether oxygens (including phenoxy) is 1. The molecule has 0 aromatic heterocycles. The zero-order valence-electron chi connectivity index (χ0n) is 29.6. The van der Waals surface area contributed by atoms with E-state index in [-0.39, 0.29) is 17.4 Å². The van der Waals surface area contributed by atoms with Crippen molar-refractivity contribution in [3.05, 3.63) is 35.4 Å². The van der Waals surface area contributed by atoms with Crippen molar-refractivity contribution in [1.82, 2.24) is 20.0 Å². The van der Waals surface area contributed by atoms with Gasteiger partial charge < -0.3 is 19.9 Å².